The zero-order valence-corrected chi connectivity index (χ0v) is 10.4. The van der Waals surface area contributed by atoms with E-state index in [1.165, 1.54) is 12.8 Å². The van der Waals surface area contributed by atoms with Crippen molar-refractivity contribution < 1.29 is 0 Å². The van der Waals surface area contributed by atoms with Crippen LogP contribution in [0.5, 0.6) is 0 Å². The molecule has 3 nitrogen and oxygen atoms in total. The predicted octanol–water partition coefficient (Wildman–Crippen LogP) is 2.90. The van der Waals surface area contributed by atoms with Gasteiger partial charge >= 0.3 is 0 Å². The van der Waals surface area contributed by atoms with E-state index in [1.54, 1.807) is 11.8 Å². The maximum atomic E-state index is 5.97. The molecule has 1 atom stereocenters. The average Bonchev–Trinajstić information content (AvgIpc) is 3.06. The number of aromatic nitrogens is 3. The normalized spacial score (nSPS) is 28.0. The average molecular weight is 264 g/mol. The molecule has 0 saturated heterocycles. The molecule has 2 fully saturated rings. The van der Waals surface area contributed by atoms with Crippen LogP contribution in [0.3, 0.4) is 0 Å². The van der Waals surface area contributed by atoms with Gasteiger partial charge < -0.3 is 4.57 Å². The van der Waals surface area contributed by atoms with Crippen LogP contribution in [0, 0.1) is 5.92 Å². The molecule has 1 aromatic rings. The summed E-state index contributed by atoms with van der Waals surface area (Å²) in [7, 11) is 0. The van der Waals surface area contributed by atoms with Crippen LogP contribution in [0.2, 0.25) is 0 Å². The number of alkyl halides is 2. The molecule has 0 aromatic carbocycles. The van der Waals surface area contributed by atoms with Crippen molar-refractivity contribution >= 4 is 35.0 Å². The van der Waals surface area contributed by atoms with Crippen LogP contribution in [-0.2, 0) is 0 Å². The van der Waals surface area contributed by atoms with Gasteiger partial charge in [-0.3, -0.25) is 0 Å². The van der Waals surface area contributed by atoms with Gasteiger partial charge in [-0.05, 0) is 19.3 Å². The summed E-state index contributed by atoms with van der Waals surface area (Å²) >= 11 is 13.7. The third-order valence-corrected chi connectivity index (χ3v) is 4.90. The van der Waals surface area contributed by atoms with E-state index in [4.69, 9.17) is 23.2 Å². The Labute approximate surface area is 103 Å². The van der Waals surface area contributed by atoms with Crippen molar-refractivity contribution in [1.29, 1.82) is 0 Å². The van der Waals surface area contributed by atoms with Crippen LogP contribution in [-0.4, -0.2) is 24.9 Å². The summed E-state index contributed by atoms with van der Waals surface area (Å²) in [5.41, 5.74) is 0. The second-order valence-electron chi connectivity index (χ2n) is 4.23. The van der Waals surface area contributed by atoms with Crippen molar-refractivity contribution in [2.45, 2.75) is 34.8 Å². The highest BCUT2D eigenvalue weighted by Crippen LogP contribution is 2.54. The van der Waals surface area contributed by atoms with E-state index in [0.717, 1.165) is 17.3 Å². The van der Waals surface area contributed by atoms with Gasteiger partial charge in [0.15, 0.2) is 5.16 Å². The first kappa shape index (κ1) is 10.2. The zero-order valence-electron chi connectivity index (χ0n) is 8.07. The Hall–Kier alpha value is 0.0700. The number of nitrogens with zero attached hydrogens (tertiary/aromatic N) is 3. The summed E-state index contributed by atoms with van der Waals surface area (Å²) in [5.74, 6) is 1.36. The molecule has 2 aliphatic carbocycles. The van der Waals surface area contributed by atoms with Gasteiger partial charge in [-0.15, -0.1) is 33.4 Å². The van der Waals surface area contributed by atoms with E-state index in [2.05, 4.69) is 14.8 Å². The van der Waals surface area contributed by atoms with Gasteiger partial charge in [0.1, 0.15) is 10.7 Å². The van der Waals surface area contributed by atoms with Gasteiger partial charge in [0, 0.05) is 17.7 Å². The molecule has 15 heavy (non-hydrogen) atoms. The monoisotopic (exact) mass is 263 g/mol. The fourth-order valence-corrected chi connectivity index (χ4v) is 3.48. The quantitative estimate of drug-likeness (QED) is 0.618. The van der Waals surface area contributed by atoms with E-state index >= 15 is 0 Å². The molecule has 0 radical (unpaired) electrons. The summed E-state index contributed by atoms with van der Waals surface area (Å²) < 4.78 is 1.69. The molecule has 6 heteroatoms. The molecule has 0 bridgehead atoms. The first-order chi connectivity index (χ1) is 7.17. The zero-order chi connectivity index (χ0) is 10.5. The van der Waals surface area contributed by atoms with Crippen molar-refractivity contribution in [3.8, 4) is 0 Å². The van der Waals surface area contributed by atoms with Crippen molar-refractivity contribution in [1.82, 2.24) is 14.8 Å². The highest BCUT2D eigenvalue weighted by molar-refractivity contribution is 7.99. The number of hydrogen-bond donors (Lipinski definition) is 0. The molecule has 0 aliphatic heterocycles. The molecule has 0 N–H and O–H groups in total. The van der Waals surface area contributed by atoms with Crippen LogP contribution < -0.4 is 0 Å². The van der Waals surface area contributed by atoms with Crippen molar-refractivity contribution in [3.63, 3.8) is 0 Å². The lowest BCUT2D eigenvalue weighted by molar-refractivity contribution is 0.662. The van der Waals surface area contributed by atoms with Gasteiger partial charge in [0.2, 0.25) is 0 Å². The fourth-order valence-electron chi connectivity index (χ4n) is 1.56. The number of rotatable bonds is 4. The van der Waals surface area contributed by atoms with E-state index in [-0.39, 0.29) is 0 Å². The SMILES string of the molecule is ClC1(Cl)CC1CSc1nncn1C1CC1. The topological polar surface area (TPSA) is 30.7 Å². The molecular weight excluding hydrogens is 253 g/mol. The minimum atomic E-state index is -0.475. The van der Waals surface area contributed by atoms with Gasteiger partial charge in [0.25, 0.3) is 0 Å². The van der Waals surface area contributed by atoms with Crippen molar-refractivity contribution in [3.05, 3.63) is 6.33 Å². The molecule has 2 aliphatic rings. The number of thioether (sulfide) groups is 1. The van der Waals surface area contributed by atoms with Gasteiger partial charge in [-0.1, -0.05) is 11.8 Å². The first-order valence-electron chi connectivity index (χ1n) is 5.07. The Morgan fingerprint density at radius 1 is 1.53 bits per heavy atom. The van der Waals surface area contributed by atoms with E-state index in [1.807, 2.05) is 6.33 Å². The van der Waals surface area contributed by atoms with Crippen molar-refractivity contribution in [2.24, 2.45) is 5.92 Å². The minimum absolute atomic E-state index is 0.412. The second kappa shape index (κ2) is 3.54. The van der Waals surface area contributed by atoms with Gasteiger partial charge in [-0.25, -0.2) is 0 Å². The molecule has 3 rings (SSSR count). The van der Waals surface area contributed by atoms with E-state index in [0.29, 0.717) is 12.0 Å². The van der Waals surface area contributed by atoms with Crippen molar-refractivity contribution in [2.75, 3.05) is 5.75 Å². The Morgan fingerprint density at radius 2 is 2.27 bits per heavy atom. The predicted molar refractivity (Wildman–Crippen MR) is 61.6 cm³/mol. The summed E-state index contributed by atoms with van der Waals surface area (Å²) in [4.78, 5) is 0. The molecule has 82 valence electrons. The molecule has 1 aromatic heterocycles. The molecular formula is C9H11Cl2N3S. The fraction of sp³-hybridized carbons (Fsp3) is 0.778. The highest BCUT2D eigenvalue weighted by Gasteiger charge is 2.51. The van der Waals surface area contributed by atoms with E-state index in [9.17, 15) is 0 Å². The summed E-state index contributed by atoms with van der Waals surface area (Å²) in [6.07, 6.45) is 5.23. The minimum Gasteiger partial charge on any atom is -0.306 e. The Balaban J connectivity index is 1.60. The maximum Gasteiger partial charge on any atom is 0.191 e. The summed E-state index contributed by atoms with van der Waals surface area (Å²) in [5, 5.41) is 9.07. The molecule has 1 heterocycles. The summed E-state index contributed by atoms with van der Waals surface area (Å²) in [6, 6.07) is 0.637. The number of halogens is 2. The third kappa shape index (κ3) is 2.12. The summed E-state index contributed by atoms with van der Waals surface area (Å²) in [6.45, 7) is 0. The van der Waals surface area contributed by atoms with E-state index < -0.39 is 4.33 Å². The molecule has 0 amide bonds. The van der Waals surface area contributed by atoms with Gasteiger partial charge in [0.05, 0.1) is 0 Å². The lowest BCUT2D eigenvalue weighted by Crippen LogP contribution is -1.98. The Bertz CT molecular complexity index is 375. The first-order valence-corrected chi connectivity index (χ1v) is 6.81. The Morgan fingerprint density at radius 3 is 2.87 bits per heavy atom. The number of hydrogen-bond acceptors (Lipinski definition) is 3. The lowest BCUT2D eigenvalue weighted by atomic mass is 10.5. The van der Waals surface area contributed by atoms with Crippen LogP contribution in [0.25, 0.3) is 0 Å². The van der Waals surface area contributed by atoms with Crippen LogP contribution in [0.4, 0.5) is 0 Å². The molecule has 2 saturated carbocycles. The third-order valence-electron chi connectivity index (χ3n) is 2.85. The largest absolute Gasteiger partial charge is 0.306 e. The molecule has 1 unspecified atom stereocenters. The lowest BCUT2D eigenvalue weighted by Gasteiger charge is -2.03. The smallest absolute Gasteiger partial charge is 0.191 e. The van der Waals surface area contributed by atoms with Crippen LogP contribution >= 0.6 is 35.0 Å². The highest BCUT2D eigenvalue weighted by atomic mass is 35.5. The Kier molecular flexibility index (Phi) is 2.41. The maximum absolute atomic E-state index is 5.97. The standard InChI is InChI=1S/C9H11Cl2N3S/c10-9(11)3-6(9)4-15-8-13-12-5-14(8)7-1-2-7/h5-7H,1-4H2. The molecule has 0 spiro atoms. The van der Waals surface area contributed by atoms with Crippen LogP contribution in [0.1, 0.15) is 25.3 Å². The van der Waals surface area contributed by atoms with Gasteiger partial charge in [-0.2, -0.15) is 0 Å². The van der Waals surface area contributed by atoms with Crippen LogP contribution in [0.15, 0.2) is 11.5 Å². The second-order valence-corrected chi connectivity index (χ2v) is 6.75.